The smallest absolute Gasteiger partial charge is 0.266 e. The van der Waals surface area contributed by atoms with Crippen molar-refractivity contribution in [1.29, 1.82) is 0 Å². The molecule has 1 aliphatic heterocycles. The second-order valence-electron chi connectivity index (χ2n) is 10.0. The molecule has 2 aliphatic carbocycles. The summed E-state index contributed by atoms with van der Waals surface area (Å²) >= 11 is 8.59. The number of carbonyl (C=O) groups excluding carboxylic acids is 1. The SMILES string of the molecule is O=C1C(=Cc2cc(I)c(OCc3ccc(I)cc3)c(I)c2)SC(=NC2CCCCC2)N1C1CCCCC1. The Morgan fingerprint density at radius 3 is 2.19 bits per heavy atom. The lowest BCUT2D eigenvalue weighted by Gasteiger charge is -2.31. The van der Waals surface area contributed by atoms with E-state index in [0.29, 0.717) is 18.7 Å². The van der Waals surface area contributed by atoms with Gasteiger partial charge < -0.3 is 4.74 Å². The third-order valence-corrected chi connectivity index (χ3v) is 10.6. The zero-order valence-corrected chi connectivity index (χ0v) is 28.0. The summed E-state index contributed by atoms with van der Waals surface area (Å²) < 4.78 is 9.53. The Morgan fingerprint density at radius 1 is 0.919 bits per heavy atom. The first kappa shape index (κ1) is 28.2. The summed E-state index contributed by atoms with van der Waals surface area (Å²) in [6.45, 7) is 0.537. The first-order valence-corrected chi connectivity index (χ1v) is 17.2. The predicted octanol–water partition coefficient (Wildman–Crippen LogP) is 9.02. The summed E-state index contributed by atoms with van der Waals surface area (Å²) in [6, 6.07) is 13.3. The van der Waals surface area contributed by atoms with Crippen LogP contribution in [0.5, 0.6) is 5.75 Å². The Bertz CT molecular complexity index is 1160. The molecule has 5 rings (SSSR count). The first-order chi connectivity index (χ1) is 18.0. The van der Waals surface area contributed by atoms with Crippen molar-refractivity contribution in [2.45, 2.75) is 82.9 Å². The number of nitrogens with zero attached hydrogens (tertiary/aromatic N) is 2. The van der Waals surface area contributed by atoms with Gasteiger partial charge in [-0.25, -0.2) is 0 Å². The van der Waals surface area contributed by atoms with Crippen LogP contribution < -0.4 is 4.74 Å². The van der Waals surface area contributed by atoms with Crippen LogP contribution in [0.3, 0.4) is 0 Å². The minimum atomic E-state index is 0.135. The van der Waals surface area contributed by atoms with Crippen molar-refractivity contribution in [2.75, 3.05) is 0 Å². The molecule has 1 amide bonds. The van der Waals surface area contributed by atoms with E-state index in [9.17, 15) is 4.79 Å². The molecule has 0 bridgehead atoms. The Balaban J connectivity index is 1.37. The van der Waals surface area contributed by atoms with Gasteiger partial charge in [-0.15, -0.1) is 0 Å². The van der Waals surface area contributed by atoms with E-state index in [0.717, 1.165) is 59.8 Å². The van der Waals surface area contributed by atoms with Crippen molar-refractivity contribution in [3.8, 4) is 5.75 Å². The maximum atomic E-state index is 13.7. The van der Waals surface area contributed by atoms with Gasteiger partial charge in [0, 0.05) is 9.61 Å². The fraction of sp³-hybridized carbons (Fsp3) is 0.448. The normalized spacial score (nSPS) is 21.8. The lowest BCUT2D eigenvalue weighted by Crippen LogP contribution is -2.41. The van der Waals surface area contributed by atoms with E-state index in [4.69, 9.17) is 9.73 Å². The molecule has 3 aliphatic rings. The van der Waals surface area contributed by atoms with Gasteiger partial charge >= 0.3 is 0 Å². The van der Waals surface area contributed by atoms with Crippen LogP contribution >= 0.6 is 79.5 Å². The van der Waals surface area contributed by atoms with Crippen molar-refractivity contribution >= 4 is 96.7 Å². The maximum Gasteiger partial charge on any atom is 0.266 e. The van der Waals surface area contributed by atoms with Crippen molar-refractivity contribution in [3.05, 3.63) is 63.1 Å². The summed E-state index contributed by atoms with van der Waals surface area (Å²) in [6.07, 6.45) is 14.0. The number of benzene rings is 2. The minimum absolute atomic E-state index is 0.135. The average molecular weight is 852 g/mol. The monoisotopic (exact) mass is 852 g/mol. The Labute approximate surface area is 265 Å². The molecule has 0 N–H and O–H groups in total. The van der Waals surface area contributed by atoms with E-state index >= 15 is 0 Å². The highest BCUT2D eigenvalue weighted by Crippen LogP contribution is 2.39. The number of carbonyl (C=O) groups is 1. The Hall–Kier alpha value is -0.340. The van der Waals surface area contributed by atoms with Gasteiger partial charge in [-0.3, -0.25) is 14.7 Å². The molecule has 8 heteroatoms. The molecule has 3 fully saturated rings. The molecule has 0 aromatic heterocycles. The molecule has 0 spiro atoms. The van der Waals surface area contributed by atoms with Crippen LogP contribution in [0, 0.1) is 10.7 Å². The van der Waals surface area contributed by atoms with Crippen LogP contribution in [-0.2, 0) is 11.4 Å². The molecule has 0 radical (unpaired) electrons. The number of amidine groups is 1. The molecule has 1 heterocycles. The van der Waals surface area contributed by atoms with Gasteiger partial charge in [0.1, 0.15) is 12.4 Å². The molecule has 2 aromatic rings. The number of rotatable bonds is 6. The summed E-state index contributed by atoms with van der Waals surface area (Å²) in [7, 11) is 0. The van der Waals surface area contributed by atoms with E-state index in [1.54, 1.807) is 11.8 Å². The van der Waals surface area contributed by atoms with E-state index in [1.807, 2.05) is 0 Å². The second-order valence-corrected chi connectivity index (χ2v) is 14.6. The molecular weight excluding hydrogens is 821 g/mol. The number of amides is 1. The number of hydrogen-bond acceptors (Lipinski definition) is 4. The zero-order valence-electron chi connectivity index (χ0n) is 20.7. The quantitative estimate of drug-likeness (QED) is 0.215. The third-order valence-electron chi connectivity index (χ3n) is 7.26. The van der Waals surface area contributed by atoms with E-state index in [-0.39, 0.29) is 5.91 Å². The Kier molecular flexibility index (Phi) is 10.2. The van der Waals surface area contributed by atoms with Crippen LogP contribution in [0.4, 0.5) is 0 Å². The lowest BCUT2D eigenvalue weighted by atomic mass is 9.94. The van der Waals surface area contributed by atoms with E-state index < -0.39 is 0 Å². The summed E-state index contributed by atoms with van der Waals surface area (Å²) in [5, 5.41) is 0.942. The van der Waals surface area contributed by atoms with Gasteiger partial charge in [0.2, 0.25) is 0 Å². The van der Waals surface area contributed by atoms with E-state index in [1.165, 1.54) is 42.1 Å². The molecule has 0 unspecified atom stereocenters. The predicted molar refractivity (Wildman–Crippen MR) is 179 cm³/mol. The molecule has 196 valence electrons. The first-order valence-electron chi connectivity index (χ1n) is 13.1. The summed E-state index contributed by atoms with van der Waals surface area (Å²) in [5.74, 6) is 1.03. The maximum absolute atomic E-state index is 13.7. The molecule has 2 aromatic carbocycles. The van der Waals surface area contributed by atoms with Crippen LogP contribution in [0.1, 0.15) is 75.3 Å². The van der Waals surface area contributed by atoms with Crippen LogP contribution in [-0.4, -0.2) is 28.1 Å². The van der Waals surface area contributed by atoms with Gasteiger partial charge in [-0.2, -0.15) is 0 Å². The minimum Gasteiger partial charge on any atom is -0.487 e. The number of hydrogen-bond donors (Lipinski definition) is 0. The lowest BCUT2D eigenvalue weighted by molar-refractivity contribution is -0.124. The highest BCUT2D eigenvalue weighted by atomic mass is 127. The summed E-state index contributed by atoms with van der Waals surface area (Å²) in [4.78, 5) is 21.7. The third kappa shape index (κ3) is 7.25. The number of aliphatic imine (C=N–C) groups is 1. The number of thioether (sulfide) groups is 1. The van der Waals surface area contributed by atoms with Gasteiger partial charge in [0.25, 0.3) is 5.91 Å². The van der Waals surface area contributed by atoms with Crippen molar-refractivity contribution < 1.29 is 9.53 Å². The fourth-order valence-electron chi connectivity index (χ4n) is 5.29. The standard InChI is InChI=1S/C29H31I3N2O2S/c30-21-13-11-19(12-14-21)18-36-27-24(31)15-20(16-25(27)32)17-26-28(35)34(23-9-5-2-6-10-23)29(37-26)33-22-7-3-1-4-8-22/h11-17,22-23H,1-10,18H2. The highest BCUT2D eigenvalue weighted by Gasteiger charge is 2.39. The Morgan fingerprint density at radius 2 is 1.54 bits per heavy atom. The zero-order chi connectivity index (χ0) is 25.8. The molecule has 1 saturated heterocycles. The number of ether oxygens (including phenoxy) is 1. The van der Waals surface area contributed by atoms with Crippen molar-refractivity contribution in [2.24, 2.45) is 4.99 Å². The van der Waals surface area contributed by atoms with Gasteiger partial charge in [0.15, 0.2) is 5.17 Å². The van der Waals surface area contributed by atoms with Crippen molar-refractivity contribution in [1.82, 2.24) is 4.90 Å². The summed E-state index contributed by atoms with van der Waals surface area (Å²) in [5.41, 5.74) is 2.19. The largest absolute Gasteiger partial charge is 0.487 e. The molecule has 37 heavy (non-hydrogen) atoms. The number of halogens is 3. The van der Waals surface area contributed by atoms with Crippen molar-refractivity contribution in [3.63, 3.8) is 0 Å². The van der Waals surface area contributed by atoms with Crippen LogP contribution in [0.2, 0.25) is 0 Å². The molecule has 2 saturated carbocycles. The molecule has 0 atom stereocenters. The fourth-order valence-corrected chi connectivity index (χ4v) is 8.89. The average Bonchev–Trinajstić information content (AvgIpc) is 3.19. The van der Waals surface area contributed by atoms with Crippen LogP contribution in [0.25, 0.3) is 6.08 Å². The second kappa shape index (κ2) is 13.3. The molecular formula is C29H31I3N2O2S. The topological polar surface area (TPSA) is 41.9 Å². The van der Waals surface area contributed by atoms with Gasteiger partial charge in [-0.05, 0) is 147 Å². The van der Waals surface area contributed by atoms with Crippen LogP contribution in [0.15, 0.2) is 46.3 Å². The van der Waals surface area contributed by atoms with E-state index in [2.05, 4.69) is 115 Å². The highest BCUT2D eigenvalue weighted by molar-refractivity contribution is 14.1. The van der Waals surface area contributed by atoms with Gasteiger partial charge in [-0.1, -0.05) is 50.7 Å². The molecule has 4 nitrogen and oxygen atoms in total. The van der Waals surface area contributed by atoms with Gasteiger partial charge in [0.05, 0.1) is 18.1 Å².